The highest BCUT2D eigenvalue weighted by atomic mass is 19.1. The summed E-state index contributed by atoms with van der Waals surface area (Å²) in [6.07, 6.45) is 0. The molecule has 0 aliphatic carbocycles. The zero-order valence-corrected chi connectivity index (χ0v) is 10.8. The molecule has 2 nitrogen and oxygen atoms in total. The molecular weight excluding hydrogens is 269 g/mol. The molecule has 2 aromatic carbocycles. The van der Waals surface area contributed by atoms with Crippen LogP contribution >= 0.6 is 0 Å². The number of hydrogen-bond donors (Lipinski definition) is 0. The van der Waals surface area contributed by atoms with Gasteiger partial charge in [0.2, 0.25) is 5.78 Å². The number of hydrogen-bond acceptors (Lipinski definition) is 2. The zero-order chi connectivity index (χ0) is 14.9. The lowest BCUT2D eigenvalue weighted by molar-refractivity contribution is 0.102. The van der Waals surface area contributed by atoms with Crippen molar-refractivity contribution in [1.29, 1.82) is 0 Å². The molecule has 0 fully saturated rings. The van der Waals surface area contributed by atoms with Gasteiger partial charge in [-0.05, 0) is 30.7 Å². The Morgan fingerprint density at radius 1 is 1.00 bits per heavy atom. The largest absolute Gasteiger partial charge is 0.496 e. The Labute approximate surface area is 113 Å². The molecular formula is C15H11F3O2. The van der Waals surface area contributed by atoms with E-state index < -0.39 is 34.4 Å². The highest BCUT2D eigenvalue weighted by Crippen LogP contribution is 2.27. The van der Waals surface area contributed by atoms with E-state index in [2.05, 4.69) is 0 Å². The predicted molar refractivity (Wildman–Crippen MR) is 67.5 cm³/mol. The van der Waals surface area contributed by atoms with E-state index in [0.717, 1.165) is 12.1 Å². The van der Waals surface area contributed by atoms with E-state index in [-0.39, 0.29) is 11.3 Å². The van der Waals surface area contributed by atoms with Gasteiger partial charge in [-0.1, -0.05) is 12.1 Å². The van der Waals surface area contributed by atoms with E-state index >= 15 is 0 Å². The molecule has 0 atom stereocenters. The predicted octanol–water partition coefficient (Wildman–Crippen LogP) is 3.65. The van der Waals surface area contributed by atoms with Gasteiger partial charge in [0.15, 0.2) is 0 Å². The minimum atomic E-state index is -1.08. The van der Waals surface area contributed by atoms with Crippen LogP contribution in [0, 0.1) is 24.4 Å². The second-order valence-corrected chi connectivity index (χ2v) is 4.20. The molecule has 0 amide bonds. The minimum absolute atomic E-state index is 0.0738. The molecule has 0 saturated carbocycles. The molecule has 0 saturated heterocycles. The molecule has 5 heteroatoms. The molecule has 0 N–H and O–H groups in total. The summed E-state index contributed by atoms with van der Waals surface area (Å²) in [7, 11) is 1.24. The van der Waals surface area contributed by atoms with Gasteiger partial charge in [-0.25, -0.2) is 13.2 Å². The molecule has 0 unspecified atom stereocenters. The lowest BCUT2D eigenvalue weighted by Crippen LogP contribution is -2.12. The molecule has 0 aliphatic rings. The summed E-state index contributed by atoms with van der Waals surface area (Å²) in [5.74, 6) is -4.09. The van der Waals surface area contributed by atoms with Crippen LogP contribution in [-0.4, -0.2) is 12.9 Å². The number of methoxy groups -OCH3 is 1. The van der Waals surface area contributed by atoms with Crippen molar-refractivity contribution >= 4 is 5.78 Å². The van der Waals surface area contributed by atoms with Crippen molar-refractivity contribution in [2.45, 2.75) is 6.92 Å². The molecule has 0 radical (unpaired) electrons. The van der Waals surface area contributed by atoms with Gasteiger partial charge in [0.25, 0.3) is 0 Å². The first-order valence-electron chi connectivity index (χ1n) is 5.79. The Morgan fingerprint density at radius 2 is 1.65 bits per heavy atom. The van der Waals surface area contributed by atoms with Crippen molar-refractivity contribution in [3.63, 3.8) is 0 Å². The summed E-state index contributed by atoms with van der Waals surface area (Å²) >= 11 is 0. The Balaban J connectivity index is 2.67. The van der Waals surface area contributed by atoms with Gasteiger partial charge in [0.1, 0.15) is 28.8 Å². The monoisotopic (exact) mass is 280 g/mol. The maximum atomic E-state index is 13.9. The number of halogens is 3. The summed E-state index contributed by atoms with van der Waals surface area (Å²) in [6, 6.07) is 5.90. The van der Waals surface area contributed by atoms with Gasteiger partial charge in [-0.3, -0.25) is 4.79 Å². The van der Waals surface area contributed by atoms with Gasteiger partial charge in [0, 0.05) is 0 Å². The van der Waals surface area contributed by atoms with E-state index in [9.17, 15) is 18.0 Å². The number of aryl methyl sites for hydroxylation is 1. The van der Waals surface area contributed by atoms with Crippen LogP contribution in [0.25, 0.3) is 0 Å². The number of benzene rings is 2. The second-order valence-electron chi connectivity index (χ2n) is 4.20. The molecule has 0 spiro atoms. The van der Waals surface area contributed by atoms with E-state index in [4.69, 9.17) is 4.74 Å². The number of rotatable bonds is 3. The minimum Gasteiger partial charge on any atom is -0.496 e. The van der Waals surface area contributed by atoms with E-state index in [0.29, 0.717) is 0 Å². The average Bonchev–Trinajstić information content (AvgIpc) is 2.42. The van der Waals surface area contributed by atoms with Crippen LogP contribution < -0.4 is 4.74 Å². The molecule has 0 aliphatic heterocycles. The number of carbonyl (C=O) groups is 1. The van der Waals surface area contributed by atoms with E-state index in [1.54, 1.807) is 0 Å². The summed E-state index contributed by atoms with van der Waals surface area (Å²) < 4.78 is 46.3. The van der Waals surface area contributed by atoms with Gasteiger partial charge >= 0.3 is 0 Å². The van der Waals surface area contributed by atoms with E-state index in [1.165, 1.54) is 32.2 Å². The third-order valence-electron chi connectivity index (χ3n) is 2.93. The van der Waals surface area contributed by atoms with Crippen molar-refractivity contribution in [3.8, 4) is 5.75 Å². The Morgan fingerprint density at radius 3 is 2.30 bits per heavy atom. The highest BCUT2D eigenvalue weighted by Gasteiger charge is 2.25. The first kappa shape index (κ1) is 14.1. The van der Waals surface area contributed by atoms with Crippen LogP contribution in [0.3, 0.4) is 0 Å². The van der Waals surface area contributed by atoms with Crippen molar-refractivity contribution in [2.24, 2.45) is 0 Å². The lowest BCUT2D eigenvalue weighted by Gasteiger charge is -2.10. The number of ether oxygens (including phenoxy) is 1. The molecule has 0 aromatic heterocycles. The van der Waals surface area contributed by atoms with Gasteiger partial charge in [-0.15, -0.1) is 0 Å². The maximum Gasteiger partial charge on any atom is 0.205 e. The summed E-state index contributed by atoms with van der Waals surface area (Å²) in [6.45, 7) is 1.39. The van der Waals surface area contributed by atoms with Crippen molar-refractivity contribution in [2.75, 3.05) is 7.11 Å². The van der Waals surface area contributed by atoms with Gasteiger partial charge < -0.3 is 4.74 Å². The zero-order valence-electron chi connectivity index (χ0n) is 10.8. The lowest BCUT2D eigenvalue weighted by atomic mass is 9.99. The number of ketones is 1. The fourth-order valence-corrected chi connectivity index (χ4v) is 1.88. The second kappa shape index (κ2) is 5.36. The molecule has 0 bridgehead atoms. The first-order valence-corrected chi connectivity index (χ1v) is 5.79. The van der Waals surface area contributed by atoms with Crippen molar-refractivity contribution < 1.29 is 22.7 Å². The third-order valence-corrected chi connectivity index (χ3v) is 2.93. The van der Waals surface area contributed by atoms with Gasteiger partial charge in [0.05, 0.1) is 12.7 Å². The Kier molecular flexibility index (Phi) is 3.79. The van der Waals surface area contributed by atoms with Crippen LogP contribution in [-0.2, 0) is 0 Å². The van der Waals surface area contributed by atoms with Gasteiger partial charge in [-0.2, -0.15) is 0 Å². The Bertz CT molecular complexity index is 681. The maximum absolute atomic E-state index is 13.9. The van der Waals surface area contributed by atoms with Crippen LogP contribution in [0.2, 0.25) is 0 Å². The van der Waals surface area contributed by atoms with Crippen molar-refractivity contribution in [3.05, 3.63) is 64.5 Å². The first-order chi connectivity index (χ1) is 9.47. The third kappa shape index (κ3) is 2.27. The van der Waals surface area contributed by atoms with Crippen LogP contribution in [0.15, 0.2) is 30.3 Å². The molecule has 104 valence electrons. The molecule has 2 aromatic rings. The summed E-state index contributed by atoms with van der Waals surface area (Å²) in [5, 5.41) is 0. The van der Waals surface area contributed by atoms with Crippen LogP contribution in [0.5, 0.6) is 5.75 Å². The number of carbonyl (C=O) groups excluding carboxylic acids is 1. The topological polar surface area (TPSA) is 26.3 Å². The van der Waals surface area contributed by atoms with Crippen molar-refractivity contribution in [1.82, 2.24) is 0 Å². The standard InChI is InChI=1S/C15H11F3O2/c1-8-6-7-10(17)13(14(8)18)15(19)12-9(16)4-3-5-11(12)20-2/h3-7H,1-2H3. The fourth-order valence-electron chi connectivity index (χ4n) is 1.88. The SMILES string of the molecule is COc1cccc(F)c1C(=O)c1c(F)ccc(C)c1F. The smallest absolute Gasteiger partial charge is 0.205 e. The van der Waals surface area contributed by atoms with Crippen LogP contribution in [0.4, 0.5) is 13.2 Å². The average molecular weight is 280 g/mol. The summed E-state index contributed by atoms with van der Waals surface area (Å²) in [5.41, 5.74) is -1.17. The molecule has 0 heterocycles. The summed E-state index contributed by atoms with van der Waals surface area (Å²) in [4.78, 5) is 12.2. The Hall–Kier alpha value is -2.30. The fraction of sp³-hybridized carbons (Fsp3) is 0.133. The molecule has 2 rings (SSSR count). The quantitative estimate of drug-likeness (QED) is 0.802. The normalized spacial score (nSPS) is 10.4. The van der Waals surface area contributed by atoms with Crippen LogP contribution in [0.1, 0.15) is 21.5 Å². The molecule has 20 heavy (non-hydrogen) atoms. The highest BCUT2D eigenvalue weighted by molar-refractivity contribution is 6.11. The van der Waals surface area contributed by atoms with E-state index in [1.807, 2.05) is 0 Å².